The normalized spacial score (nSPS) is 15.5. The number of carbonyl (C=O) groups is 2. The van der Waals surface area contributed by atoms with Gasteiger partial charge in [0.15, 0.2) is 10.9 Å². The molecule has 1 saturated heterocycles. The number of aliphatic imine (C=N–C) groups is 1. The number of ether oxygens (including phenoxy) is 1. The lowest BCUT2D eigenvalue weighted by Crippen LogP contribution is -2.19. The van der Waals surface area contributed by atoms with Crippen LogP contribution in [-0.4, -0.2) is 22.2 Å². The van der Waals surface area contributed by atoms with Gasteiger partial charge in [0.25, 0.3) is 5.91 Å². The molecule has 3 aromatic rings. The molecule has 3 aromatic carbocycles. The largest absolute Gasteiger partial charge is 0.486 e. The van der Waals surface area contributed by atoms with Gasteiger partial charge >= 0.3 is 5.97 Å². The molecule has 0 radical (unpaired) electrons. The lowest BCUT2D eigenvalue weighted by molar-refractivity contribution is -0.115. The monoisotopic (exact) mass is 610 g/mol. The minimum absolute atomic E-state index is 0.197. The number of aromatic carboxylic acids is 1. The highest BCUT2D eigenvalue weighted by Gasteiger charge is 2.24. The molecule has 1 aliphatic heterocycles. The number of amidine groups is 1. The SMILES string of the molecule is O=C1NC(=Nc2cccc(Cl)c2Cl)S/C1=C\c1cc(Cl)c(OCc2ccc(C(=O)O)cc2)c(Br)c1. The number of carboxylic acid groups (broad SMARTS) is 1. The molecule has 1 amide bonds. The van der Waals surface area contributed by atoms with Gasteiger partial charge in [0.2, 0.25) is 0 Å². The number of carboxylic acids is 1. The van der Waals surface area contributed by atoms with E-state index in [-0.39, 0.29) is 18.1 Å². The lowest BCUT2D eigenvalue weighted by atomic mass is 10.1. The van der Waals surface area contributed by atoms with Gasteiger partial charge in [-0.2, -0.15) is 0 Å². The average molecular weight is 613 g/mol. The quantitative estimate of drug-likeness (QED) is 0.280. The van der Waals surface area contributed by atoms with Gasteiger partial charge in [-0.05, 0) is 81.3 Å². The van der Waals surface area contributed by atoms with E-state index in [1.165, 1.54) is 23.9 Å². The van der Waals surface area contributed by atoms with Gasteiger partial charge in [-0.3, -0.25) is 4.79 Å². The van der Waals surface area contributed by atoms with E-state index in [0.29, 0.717) is 46.6 Å². The smallest absolute Gasteiger partial charge is 0.335 e. The highest BCUT2D eigenvalue weighted by Crippen LogP contribution is 2.38. The van der Waals surface area contributed by atoms with E-state index in [1.807, 2.05) is 0 Å². The summed E-state index contributed by atoms with van der Waals surface area (Å²) in [5.74, 6) is -0.865. The molecule has 178 valence electrons. The Kier molecular flexibility index (Phi) is 8.09. The highest BCUT2D eigenvalue weighted by atomic mass is 79.9. The van der Waals surface area contributed by atoms with Crippen LogP contribution < -0.4 is 10.1 Å². The molecule has 0 atom stereocenters. The van der Waals surface area contributed by atoms with Crippen molar-refractivity contribution < 1.29 is 19.4 Å². The lowest BCUT2D eigenvalue weighted by Gasteiger charge is -2.11. The molecule has 6 nitrogen and oxygen atoms in total. The van der Waals surface area contributed by atoms with Crippen molar-refractivity contribution in [1.29, 1.82) is 0 Å². The Labute approximate surface area is 228 Å². The van der Waals surface area contributed by atoms with Gasteiger partial charge in [0.05, 0.1) is 35.7 Å². The summed E-state index contributed by atoms with van der Waals surface area (Å²) >= 11 is 23.3. The number of halogens is 4. The predicted octanol–water partition coefficient (Wildman–Crippen LogP) is 7.58. The van der Waals surface area contributed by atoms with Crippen LogP contribution in [0.1, 0.15) is 21.5 Å². The summed E-state index contributed by atoms with van der Waals surface area (Å²) in [4.78, 5) is 28.2. The van der Waals surface area contributed by atoms with Gasteiger partial charge in [0.1, 0.15) is 6.61 Å². The van der Waals surface area contributed by atoms with Crippen LogP contribution >= 0.6 is 62.5 Å². The van der Waals surface area contributed by atoms with Crippen molar-refractivity contribution in [2.75, 3.05) is 0 Å². The third kappa shape index (κ3) is 6.20. The number of carbonyl (C=O) groups excluding carboxylic acids is 1. The van der Waals surface area contributed by atoms with Crippen LogP contribution in [0.4, 0.5) is 5.69 Å². The van der Waals surface area contributed by atoms with E-state index in [1.54, 1.807) is 48.5 Å². The summed E-state index contributed by atoms with van der Waals surface area (Å²) in [5.41, 5.74) is 2.12. The third-order valence-corrected chi connectivity index (χ3v) is 7.30. The van der Waals surface area contributed by atoms with E-state index < -0.39 is 5.97 Å². The van der Waals surface area contributed by atoms with Crippen molar-refractivity contribution in [3.63, 3.8) is 0 Å². The number of hydrogen-bond acceptors (Lipinski definition) is 5. The molecule has 2 N–H and O–H groups in total. The van der Waals surface area contributed by atoms with Crippen LogP contribution in [-0.2, 0) is 11.4 Å². The Hall–Kier alpha value is -2.49. The first kappa shape index (κ1) is 25.6. The molecule has 1 heterocycles. The average Bonchev–Trinajstić information content (AvgIpc) is 3.15. The summed E-state index contributed by atoms with van der Waals surface area (Å²) in [6.45, 7) is 0.197. The minimum atomic E-state index is -0.992. The maximum absolute atomic E-state index is 12.4. The van der Waals surface area contributed by atoms with E-state index in [2.05, 4.69) is 26.2 Å². The maximum Gasteiger partial charge on any atom is 0.335 e. The third-order valence-electron chi connectivity index (χ3n) is 4.71. The first-order valence-electron chi connectivity index (χ1n) is 9.89. The number of nitrogens with one attached hydrogen (secondary N) is 1. The molecule has 0 bridgehead atoms. The maximum atomic E-state index is 12.4. The zero-order valence-electron chi connectivity index (χ0n) is 17.5. The topological polar surface area (TPSA) is 88.0 Å². The second-order valence-corrected chi connectivity index (χ2v) is 10.2. The minimum Gasteiger partial charge on any atom is -0.486 e. The molecule has 0 spiro atoms. The van der Waals surface area contributed by atoms with Gasteiger partial charge in [-0.25, -0.2) is 9.79 Å². The molecule has 11 heteroatoms. The number of rotatable bonds is 6. The van der Waals surface area contributed by atoms with Crippen molar-refractivity contribution >= 4 is 91.3 Å². The van der Waals surface area contributed by atoms with Crippen LogP contribution in [0.2, 0.25) is 15.1 Å². The highest BCUT2D eigenvalue weighted by molar-refractivity contribution is 9.10. The molecule has 4 rings (SSSR count). The molecule has 0 aliphatic carbocycles. The Morgan fingerprint density at radius 1 is 1.11 bits per heavy atom. The van der Waals surface area contributed by atoms with Crippen LogP contribution in [0.5, 0.6) is 5.75 Å². The second kappa shape index (κ2) is 11.1. The van der Waals surface area contributed by atoms with Crippen LogP contribution in [0.25, 0.3) is 6.08 Å². The molecule has 0 unspecified atom stereocenters. The predicted molar refractivity (Wildman–Crippen MR) is 144 cm³/mol. The van der Waals surface area contributed by atoms with Crippen LogP contribution in [0, 0.1) is 0 Å². The van der Waals surface area contributed by atoms with Gasteiger partial charge in [-0.15, -0.1) is 0 Å². The number of amides is 1. The van der Waals surface area contributed by atoms with Crippen molar-refractivity contribution in [3.05, 3.63) is 95.7 Å². The second-order valence-electron chi connectivity index (χ2n) is 7.16. The Balaban J connectivity index is 1.49. The van der Waals surface area contributed by atoms with E-state index in [4.69, 9.17) is 44.6 Å². The Bertz CT molecular complexity index is 1370. The molecule has 1 aliphatic rings. The van der Waals surface area contributed by atoms with E-state index >= 15 is 0 Å². The standard InChI is InChI=1S/C24H14BrCl3N2O4S/c25-15-8-13(9-17(27)21(15)34-11-12-4-6-14(7-5-12)23(32)33)10-19-22(31)30-24(35-19)29-18-3-1-2-16(26)20(18)28/h1-10H,11H2,(H,32,33)(H,29,30,31)/b19-10-. The molecule has 35 heavy (non-hydrogen) atoms. The fourth-order valence-electron chi connectivity index (χ4n) is 3.02. The fourth-order valence-corrected chi connectivity index (χ4v) is 5.18. The van der Waals surface area contributed by atoms with Crippen LogP contribution in [0.15, 0.2) is 69.0 Å². The summed E-state index contributed by atoms with van der Waals surface area (Å²) in [5, 5.41) is 13.1. The van der Waals surface area contributed by atoms with Crippen molar-refractivity contribution in [2.24, 2.45) is 4.99 Å². The van der Waals surface area contributed by atoms with E-state index in [9.17, 15) is 9.59 Å². The first-order chi connectivity index (χ1) is 16.7. The Morgan fingerprint density at radius 3 is 2.54 bits per heavy atom. The molecule has 0 aromatic heterocycles. The summed E-state index contributed by atoms with van der Waals surface area (Å²) in [6.07, 6.45) is 1.69. The number of benzene rings is 3. The summed E-state index contributed by atoms with van der Waals surface area (Å²) in [7, 11) is 0. The first-order valence-corrected chi connectivity index (χ1v) is 12.6. The zero-order valence-corrected chi connectivity index (χ0v) is 22.2. The summed E-state index contributed by atoms with van der Waals surface area (Å²) < 4.78 is 6.43. The fraction of sp³-hybridized carbons (Fsp3) is 0.0417. The van der Waals surface area contributed by atoms with Gasteiger partial charge in [0, 0.05) is 0 Å². The van der Waals surface area contributed by atoms with E-state index in [0.717, 1.165) is 5.56 Å². The molecule has 1 fully saturated rings. The van der Waals surface area contributed by atoms with Crippen molar-refractivity contribution in [3.8, 4) is 5.75 Å². The number of nitrogens with zero attached hydrogens (tertiary/aromatic N) is 1. The van der Waals surface area contributed by atoms with Gasteiger partial charge in [-0.1, -0.05) is 53.0 Å². The van der Waals surface area contributed by atoms with Crippen molar-refractivity contribution in [2.45, 2.75) is 6.61 Å². The van der Waals surface area contributed by atoms with Crippen molar-refractivity contribution in [1.82, 2.24) is 5.32 Å². The Morgan fingerprint density at radius 2 is 1.86 bits per heavy atom. The van der Waals surface area contributed by atoms with Gasteiger partial charge < -0.3 is 15.2 Å². The van der Waals surface area contributed by atoms with Crippen LogP contribution in [0.3, 0.4) is 0 Å². The molecular weight excluding hydrogens is 599 g/mol. The summed E-state index contributed by atoms with van der Waals surface area (Å²) in [6, 6.07) is 14.9. The number of hydrogen-bond donors (Lipinski definition) is 2. The molecule has 0 saturated carbocycles. The zero-order chi connectivity index (χ0) is 25.1. The molecular formula is C24H14BrCl3N2O4S. The number of thioether (sulfide) groups is 1.